The molecule has 104 valence electrons. The monoisotopic (exact) mass is 298 g/mol. The Morgan fingerprint density at radius 3 is 3.11 bits per heavy atom. The van der Waals surface area contributed by atoms with Gasteiger partial charge in [-0.1, -0.05) is 42.6 Å². The van der Waals surface area contributed by atoms with E-state index in [4.69, 9.17) is 11.6 Å². The predicted molar refractivity (Wildman–Crippen MR) is 81.3 cm³/mol. The van der Waals surface area contributed by atoms with Crippen LogP contribution in [0.1, 0.15) is 24.5 Å². The highest BCUT2D eigenvalue weighted by Gasteiger charge is 2.30. The van der Waals surface area contributed by atoms with Crippen LogP contribution in [-0.4, -0.2) is 28.6 Å². The molecular formula is C14H19ClN2OS. The number of amides is 1. The number of halogens is 1. The summed E-state index contributed by atoms with van der Waals surface area (Å²) in [6.07, 6.45) is 0.929. The Labute approximate surface area is 123 Å². The summed E-state index contributed by atoms with van der Waals surface area (Å²) in [5, 5.41) is 3.77. The molecular weight excluding hydrogens is 280 g/mol. The van der Waals surface area contributed by atoms with Crippen molar-refractivity contribution in [1.29, 1.82) is 0 Å². The van der Waals surface area contributed by atoms with Crippen molar-refractivity contribution in [3.8, 4) is 0 Å². The lowest BCUT2D eigenvalue weighted by atomic mass is 10.1. The Hall–Kier alpha value is -0.710. The van der Waals surface area contributed by atoms with Gasteiger partial charge < -0.3 is 5.32 Å². The maximum atomic E-state index is 12.2. The molecule has 1 aromatic rings. The van der Waals surface area contributed by atoms with Crippen LogP contribution >= 0.6 is 23.5 Å². The third-order valence-corrected chi connectivity index (χ3v) is 5.12. The minimum Gasteiger partial charge on any atom is -0.351 e. The normalized spacial score (nSPS) is 19.6. The third-order valence-electron chi connectivity index (χ3n) is 3.44. The van der Waals surface area contributed by atoms with Gasteiger partial charge in [-0.3, -0.25) is 4.79 Å². The van der Waals surface area contributed by atoms with E-state index in [1.165, 1.54) is 0 Å². The number of benzene rings is 1. The molecule has 3 nitrogen and oxygen atoms in total. The van der Waals surface area contributed by atoms with Crippen molar-refractivity contribution in [3.05, 3.63) is 34.3 Å². The Morgan fingerprint density at radius 2 is 2.37 bits per heavy atom. The van der Waals surface area contributed by atoms with Crippen molar-refractivity contribution in [2.24, 2.45) is 0 Å². The largest absolute Gasteiger partial charge is 0.351 e. The van der Waals surface area contributed by atoms with Gasteiger partial charge in [-0.2, -0.15) is 0 Å². The Morgan fingerprint density at radius 1 is 1.58 bits per heavy atom. The topological polar surface area (TPSA) is 32.3 Å². The minimum atomic E-state index is 0.00879. The lowest BCUT2D eigenvalue weighted by Gasteiger charge is -2.20. The summed E-state index contributed by atoms with van der Waals surface area (Å²) in [5.41, 5.74) is 2.12. The molecule has 0 bridgehead atoms. The van der Waals surface area contributed by atoms with Crippen LogP contribution in [0.3, 0.4) is 0 Å². The van der Waals surface area contributed by atoms with Crippen molar-refractivity contribution in [1.82, 2.24) is 9.62 Å². The maximum Gasteiger partial charge on any atom is 0.238 e. The Balaban J connectivity index is 1.95. The fraction of sp³-hybridized carbons (Fsp3) is 0.500. The van der Waals surface area contributed by atoms with Crippen LogP contribution in [0.5, 0.6) is 0 Å². The van der Waals surface area contributed by atoms with Gasteiger partial charge in [-0.15, -0.1) is 0 Å². The molecule has 0 radical (unpaired) electrons. The molecule has 0 saturated carbocycles. The van der Waals surface area contributed by atoms with Gasteiger partial charge in [0.05, 0.1) is 6.04 Å². The number of nitrogens with one attached hydrogen (secondary N) is 1. The minimum absolute atomic E-state index is 0.00879. The molecule has 0 aliphatic carbocycles. The molecule has 0 spiro atoms. The summed E-state index contributed by atoms with van der Waals surface area (Å²) in [6.45, 7) is 5.51. The second kappa shape index (κ2) is 6.64. The van der Waals surface area contributed by atoms with E-state index in [0.717, 1.165) is 34.9 Å². The SMILES string of the molecule is CCN1SCCC1C(=O)NCc1cccc(Cl)c1C. The van der Waals surface area contributed by atoms with Crippen LogP contribution < -0.4 is 5.32 Å². The smallest absolute Gasteiger partial charge is 0.238 e. The highest BCUT2D eigenvalue weighted by atomic mass is 35.5. The number of carbonyl (C=O) groups is 1. The first-order chi connectivity index (χ1) is 9.13. The quantitative estimate of drug-likeness (QED) is 0.867. The number of hydrogen-bond acceptors (Lipinski definition) is 3. The zero-order valence-corrected chi connectivity index (χ0v) is 12.9. The molecule has 1 amide bonds. The molecule has 1 atom stereocenters. The van der Waals surface area contributed by atoms with E-state index in [0.29, 0.717) is 6.54 Å². The zero-order valence-electron chi connectivity index (χ0n) is 11.3. The number of hydrogen-bond donors (Lipinski definition) is 1. The Kier molecular flexibility index (Phi) is 5.13. The number of nitrogens with zero attached hydrogens (tertiary/aromatic N) is 1. The van der Waals surface area contributed by atoms with Crippen molar-refractivity contribution in [2.75, 3.05) is 12.3 Å². The predicted octanol–water partition coefficient (Wildman–Crippen LogP) is 3.01. The molecule has 1 unspecified atom stereocenters. The lowest BCUT2D eigenvalue weighted by Crippen LogP contribution is -2.40. The van der Waals surface area contributed by atoms with Crippen molar-refractivity contribution in [3.63, 3.8) is 0 Å². The van der Waals surface area contributed by atoms with E-state index < -0.39 is 0 Å². The second-order valence-electron chi connectivity index (χ2n) is 4.61. The average molecular weight is 299 g/mol. The van der Waals surface area contributed by atoms with Crippen LogP contribution in [-0.2, 0) is 11.3 Å². The standard InChI is InChI=1S/C14H19ClN2OS/c1-3-17-13(7-8-19-17)14(18)16-9-11-5-4-6-12(15)10(11)2/h4-6,13H,3,7-9H2,1-2H3,(H,16,18). The van der Waals surface area contributed by atoms with Crippen LogP contribution in [0, 0.1) is 6.92 Å². The number of likely N-dealkylation sites (N-methyl/N-ethyl adjacent to an activating group) is 1. The summed E-state index contributed by atoms with van der Waals surface area (Å²) in [4.78, 5) is 12.2. The first-order valence-electron chi connectivity index (χ1n) is 6.54. The van der Waals surface area contributed by atoms with Gasteiger partial charge in [-0.05, 0) is 30.5 Å². The molecule has 1 heterocycles. The second-order valence-corrected chi connectivity index (χ2v) is 6.16. The van der Waals surface area contributed by atoms with Gasteiger partial charge >= 0.3 is 0 Å². The molecule has 1 fully saturated rings. The maximum absolute atomic E-state index is 12.2. The third kappa shape index (κ3) is 3.44. The van der Waals surface area contributed by atoms with Gasteiger partial charge in [0.2, 0.25) is 5.91 Å². The summed E-state index contributed by atoms with van der Waals surface area (Å²) in [7, 11) is 0. The summed E-state index contributed by atoms with van der Waals surface area (Å²) >= 11 is 7.84. The van der Waals surface area contributed by atoms with E-state index in [-0.39, 0.29) is 11.9 Å². The van der Waals surface area contributed by atoms with Gasteiger partial charge in [-0.25, -0.2) is 4.31 Å². The fourth-order valence-electron chi connectivity index (χ4n) is 2.23. The highest BCUT2D eigenvalue weighted by molar-refractivity contribution is 7.97. The van der Waals surface area contributed by atoms with Crippen LogP contribution in [0.25, 0.3) is 0 Å². The number of rotatable bonds is 4. The van der Waals surface area contributed by atoms with Gasteiger partial charge in [0.1, 0.15) is 0 Å². The Bertz CT molecular complexity index is 467. The molecule has 1 N–H and O–H groups in total. The summed E-state index contributed by atoms with van der Waals surface area (Å²) in [5.74, 6) is 1.15. The van der Waals surface area contributed by atoms with Crippen LogP contribution in [0.15, 0.2) is 18.2 Å². The molecule has 1 aromatic carbocycles. The molecule has 0 aromatic heterocycles. The van der Waals surface area contributed by atoms with E-state index in [2.05, 4.69) is 16.5 Å². The van der Waals surface area contributed by atoms with E-state index in [1.807, 2.05) is 25.1 Å². The molecule has 1 aliphatic heterocycles. The van der Waals surface area contributed by atoms with Gasteiger partial charge in [0.25, 0.3) is 0 Å². The van der Waals surface area contributed by atoms with E-state index in [9.17, 15) is 4.79 Å². The fourth-order valence-corrected chi connectivity index (χ4v) is 3.55. The molecule has 19 heavy (non-hydrogen) atoms. The van der Waals surface area contributed by atoms with Gasteiger partial charge in [0.15, 0.2) is 0 Å². The molecule has 1 aliphatic rings. The van der Waals surface area contributed by atoms with Crippen molar-refractivity contribution in [2.45, 2.75) is 32.9 Å². The highest BCUT2D eigenvalue weighted by Crippen LogP contribution is 2.26. The average Bonchev–Trinajstić information content (AvgIpc) is 2.88. The summed E-state index contributed by atoms with van der Waals surface area (Å²) < 4.78 is 2.15. The van der Waals surface area contributed by atoms with Gasteiger partial charge in [0, 0.05) is 23.9 Å². The van der Waals surface area contributed by atoms with Crippen molar-refractivity contribution >= 4 is 29.5 Å². The van der Waals surface area contributed by atoms with Crippen molar-refractivity contribution < 1.29 is 4.79 Å². The van der Waals surface area contributed by atoms with E-state index in [1.54, 1.807) is 11.9 Å². The number of carbonyl (C=O) groups excluding carboxylic acids is 1. The lowest BCUT2D eigenvalue weighted by molar-refractivity contribution is -0.124. The molecule has 1 saturated heterocycles. The van der Waals surface area contributed by atoms with E-state index >= 15 is 0 Å². The van der Waals surface area contributed by atoms with Crippen LogP contribution in [0.4, 0.5) is 0 Å². The first kappa shape index (κ1) is 14.7. The molecule has 5 heteroatoms. The van der Waals surface area contributed by atoms with Crippen LogP contribution in [0.2, 0.25) is 5.02 Å². The summed E-state index contributed by atoms with van der Waals surface area (Å²) in [6, 6.07) is 5.80. The molecule has 2 rings (SSSR count). The zero-order chi connectivity index (χ0) is 13.8. The first-order valence-corrected chi connectivity index (χ1v) is 7.86.